The second kappa shape index (κ2) is 11.1. The van der Waals surface area contributed by atoms with E-state index in [1.807, 2.05) is 4.90 Å². The van der Waals surface area contributed by atoms with Crippen LogP contribution in [0.25, 0.3) is 12.2 Å². The van der Waals surface area contributed by atoms with Crippen LogP contribution in [0.2, 0.25) is 0 Å². The summed E-state index contributed by atoms with van der Waals surface area (Å²) >= 11 is 0. The average Bonchev–Trinajstić information content (AvgIpc) is 2.81. The van der Waals surface area contributed by atoms with Crippen molar-refractivity contribution in [3.05, 3.63) is 91.0 Å². The molecule has 1 fully saturated rings. The SMILES string of the molecule is CCOC(=O)CCN1C/C(=C/c2cccc([N+](=O)[O-])c2)C(=O)/C(=C\c2cccc([N+](=O)[O-])c2)C1. The second-order valence-electron chi connectivity index (χ2n) is 7.64. The average molecular weight is 465 g/mol. The van der Waals surface area contributed by atoms with Crippen molar-refractivity contribution in [2.45, 2.75) is 13.3 Å². The normalized spacial score (nSPS) is 16.6. The fourth-order valence-corrected chi connectivity index (χ4v) is 3.61. The molecule has 0 unspecified atom stereocenters. The third-order valence-electron chi connectivity index (χ3n) is 5.15. The van der Waals surface area contributed by atoms with Crippen LogP contribution < -0.4 is 0 Å². The Morgan fingerprint density at radius 1 is 0.971 bits per heavy atom. The minimum absolute atomic E-state index is 0.0934. The Morgan fingerprint density at radius 3 is 1.91 bits per heavy atom. The van der Waals surface area contributed by atoms with Gasteiger partial charge in [0.15, 0.2) is 5.78 Å². The molecule has 0 N–H and O–H groups in total. The molecule has 2 aromatic carbocycles. The number of esters is 1. The second-order valence-corrected chi connectivity index (χ2v) is 7.64. The van der Waals surface area contributed by atoms with E-state index in [0.717, 1.165) is 0 Å². The van der Waals surface area contributed by atoms with Crippen LogP contribution in [0.1, 0.15) is 24.5 Å². The van der Waals surface area contributed by atoms with Gasteiger partial charge in [0.25, 0.3) is 11.4 Å². The molecule has 1 aliphatic heterocycles. The Morgan fingerprint density at radius 2 is 1.47 bits per heavy atom. The lowest BCUT2D eigenvalue weighted by Crippen LogP contribution is -2.39. The largest absolute Gasteiger partial charge is 0.466 e. The van der Waals surface area contributed by atoms with Crippen molar-refractivity contribution in [3.63, 3.8) is 0 Å². The lowest BCUT2D eigenvalue weighted by Gasteiger charge is -2.29. The summed E-state index contributed by atoms with van der Waals surface area (Å²) in [5.41, 5.74) is 1.60. The smallest absolute Gasteiger partial charge is 0.307 e. The molecule has 2 aromatic rings. The van der Waals surface area contributed by atoms with Gasteiger partial charge in [-0.05, 0) is 30.2 Å². The molecule has 1 saturated heterocycles. The molecule has 34 heavy (non-hydrogen) atoms. The van der Waals surface area contributed by atoms with Gasteiger partial charge in [-0.2, -0.15) is 0 Å². The molecule has 0 atom stereocenters. The van der Waals surface area contributed by atoms with Crippen LogP contribution in [0, 0.1) is 20.2 Å². The summed E-state index contributed by atoms with van der Waals surface area (Å²) in [4.78, 5) is 48.1. The van der Waals surface area contributed by atoms with Gasteiger partial charge in [-0.3, -0.25) is 34.7 Å². The highest BCUT2D eigenvalue weighted by Gasteiger charge is 2.27. The Hall–Kier alpha value is -4.18. The molecule has 0 radical (unpaired) electrons. The van der Waals surface area contributed by atoms with Gasteiger partial charge in [0.05, 0.1) is 22.9 Å². The van der Waals surface area contributed by atoms with Gasteiger partial charge in [-0.15, -0.1) is 0 Å². The lowest BCUT2D eigenvalue weighted by atomic mass is 9.94. The first-order chi connectivity index (χ1) is 16.3. The van der Waals surface area contributed by atoms with Gasteiger partial charge in [0.1, 0.15) is 0 Å². The predicted molar refractivity (Wildman–Crippen MR) is 125 cm³/mol. The molecule has 0 bridgehead atoms. The molecular formula is C24H23N3O7. The zero-order chi connectivity index (χ0) is 24.7. The van der Waals surface area contributed by atoms with Crippen molar-refractivity contribution in [2.75, 3.05) is 26.2 Å². The molecule has 0 saturated carbocycles. The van der Waals surface area contributed by atoms with Crippen molar-refractivity contribution in [1.82, 2.24) is 4.90 Å². The van der Waals surface area contributed by atoms with E-state index in [4.69, 9.17) is 4.74 Å². The maximum absolute atomic E-state index is 13.2. The number of hydrogen-bond acceptors (Lipinski definition) is 8. The summed E-state index contributed by atoms with van der Waals surface area (Å²) in [7, 11) is 0. The number of nitro benzene ring substituents is 2. The number of nitrogens with zero attached hydrogens (tertiary/aromatic N) is 3. The number of ether oxygens (including phenoxy) is 1. The van der Waals surface area contributed by atoms with E-state index in [2.05, 4.69) is 0 Å². The number of carbonyl (C=O) groups excluding carboxylic acids is 2. The number of Topliss-reactive ketones (excluding diaryl/α,β-unsaturated/α-hetero) is 1. The van der Waals surface area contributed by atoms with Crippen molar-refractivity contribution in [1.29, 1.82) is 0 Å². The molecule has 0 aliphatic carbocycles. The van der Waals surface area contributed by atoms with Gasteiger partial charge in [0, 0.05) is 55.0 Å². The molecule has 1 heterocycles. The van der Waals surface area contributed by atoms with E-state index < -0.39 is 9.85 Å². The molecule has 0 aromatic heterocycles. The van der Waals surface area contributed by atoms with Gasteiger partial charge in [-0.1, -0.05) is 24.3 Å². The number of hydrogen-bond donors (Lipinski definition) is 0. The van der Waals surface area contributed by atoms with Crippen LogP contribution >= 0.6 is 0 Å². The van der Waals surface area contributed by atoms with Gasteiger partial charge in [-0.25, -0.2) is 0 Å². The highest BCUT2D eigenvalue weighted by molar-refractivity contribution is 6.14. The summed E-state index contributed by atoms with van der Waals surface area (Å²) < 4.78 is 4.98. The quantitative estimate of drug-likeness (QED) is 0.249. The first-order valence-electron chi connectivity index (χ1n) is 10.6. The van der Waals surface area contributed by atoms with Crippen LogP contribution in [0.5, 0.6) is 0 Å². The van der Waals surface area contributed by atoms with Crippen LogP contribution in [-0.2, 0) is 14.3 Å². The number of rotatable bonds is 8. The summed E-state index contributed by atoms with van der Waals surface area (Å²) in [5.74, 6) is -0.613. The van der Waals surface area contributed by atoms with Crippen molar-refractivity contribution < 1.29 is 24.2 Å². The number of ketones is 1. The Balaban J connectivity index is 1.95. The fourth-order valence-electron chi connectivity index (χ4n) is 3.61. The third kappa shape index (κ3) is 6.42. The van der Waals surface area contributed by atoms with Crippen LogP contribution in [0.15, 0.2) is 59.7 Å². The maximum atomic E-state index is 13.2. The minimum atomic E-state index is -0.510. The topological polar surface area (TPSA) is 133 Å². The van der Waals surface area contributed by atoms with Gasteiger partial charge >= 0.3 is 5.97 Å². The van der Waals surface area contributed by atoms with Crippen LogP contribution in [-0.4, -0.2) is 52.7 Å². The standard InChI is InChI=1S/C24H23N3O7/c1-2-34-23(28)9-10-25-15-19(11-17-5-3-7-21(13-17)26(30)31)24(29)20(16-25)12-18-6-4-8-22(14-18)27(32)33/h3-8,11-14H,2,9-10,15-16H2,1H3/b19-11-,20-12-. The molecular weight excluding hydrogens is 442 g/mol. The molecule has 0 amide bonds. The summed E-state index contributed by atoms with van der Waals surface area (Å²) in [6.45, 7) is 2.82. The lowest BCUT2D eigenvalue weighted by molar-refractivity contribution is -0.385. The first-order valence-corrected chi connectivity index (χ1v) is 10.6. The molecule has 10 nitrogen and oxygen atoms in total. The van der Waals surface area contributed by atoms with E-state index in [1.165, 1.54) is 36.4 Å². The van der Waals surface area contributed by atoms with Crippen molar-refractivity contribution in [2.24, 2.45) is 0 Å². The zero-order valence-electron chi connectivity index (χ0n) is 18.5. The van der Waals surface area contributed by atoms with Crippen LogP contribution in [0.3, 0.4) is 0 Å². The zero-order valence-corrected chi connectivity index (χ0v) is 18.5. The van der Waals surface area contributed by atoms with Crippen molar-refractivity contribution >= 4 is 35.3 Å². The number of non-ortho nitro benzene ring substituents is 2. The third-order valence-corrected chi connectivity index (χ3v) is 5.15. The summed E-state index contributed by atoms with van der Waals surface area (Å²) in [5, 5.41) is 22.2. The predicted octanol–water partition coefficient (Wildman–Crippen LogP) is 3.81. The first kappa shape index (κ1) is 24.5. The van der Waals surface area contributed by atoms with Gasteiger partial charge in [0.2, 0.25) is 0 Å². The number of piperidine rings is 1. The Bertz CT molecular complexity index is 1110. The molecule has 1 aliphatic rings. The van der Waals surface area contributed by atoms with E-state index in [1.54, 1.807) is 31.2 Å². The van der Waals surface area contributed by atoms with E-state index in [9.17, 15) is 29.8 Å². The molecule has 0 spiro atoms. The number of likely N-dealkylation sites (tertiary alicyclic amines) is 1. The highest BCUT2D eigenvalue weighted by Crippen LogP contribution is 2.24. The monoisotopic (exact) mass is 465 g/mol. The van der Waals surface area contributed by atoms with E-state index >= 15 is 0 Å². The van der Waals surface area contributed by atoms with Gasteiger partial charge < -0.3 is 4.74 Å². The van der Waals surface area contributed by atoms with Crippen LogP contribution in [0.4, 0.5) is 11.4 Å². The van der Waals surface area contributed by atoms with E-state index in [0.29, 0.717) is 28.8 Å². The fraction of sp³-hybridized carbons (Fsp3) is 0.250. The maximum Gasteiger partial charge on any atom is 0.307 e. The number of benzene rings is 2. The Kier molecular flexibility index (Phi) is 7.99. The Labute approximate surface area is 195 Å². The molecule has 176 valence electrons. The van der Waals surface area contributed by atoms with Crippen molar-refractivity contribution in [3.8, 4) is 0 Å². The summed E-state index contributed by atoms with van der Waals surface area (Å²) in [6.07, 6.45) is 3.32. The minimum Gasteiger partial charge on any atom is -0.466 e. The van der Waals surface area contributed by atoms with E-state index in [-0.39, 0.29) is 49.2 Å². The number of carbonyl (C=O) groups is 2. The highest BCUT2D eigenvalue weighted by atomic mass is 16.6. The molecule has 3 rings (SSSR count). The molecule has 10 heteroatoms. The number of nitro groups is 2. The summed E-state index contributed by atoms with van der Waals surface area (Å²) in [6, 6.07) is 11.9.